The zero-order valence-corrected chi connectivity index (χ0v) is 7.37. The van der Waals surface area contributed by atoms with Crippen molar-refractivity contribution in [1.29, 1.82) is 0 Å². The molecule has 0 aliphatic carbocycles. The number of sulfonamides is 1. The molecule has 0 amide bonds. The van der Waals surface area contributed by atoms with Crippen LogP contribution < -0.4 is 10.5 Å². The van der Waals surface area contributed by atoms with Crippen LogP contribution in [0.5, 0.6) is 0 Å². The fourth-order valence-corrected chi connectivity index (χ4v) is 1.91. The Morgan fingerprint density at radius 2 is 2.36 bits per heavy atom. The Morgan fingerprint density at radius 3 is 2.64 bits per heavy atom. The number of rotatable bonds is 2. The molecular formula is C4H7N3O2S2. The quantitative estimate of drug-likeness (QED) is 0.683. The summed E-state index contributed by atoms with van der Waals surface area (Å²) >= 11 is 1.00. The van der Waals surface area contributed by atoms with Crippen LogP contribution in [0.2, 0.25) is 0 Å². The number of primary sulfonamides is 1. The van der Waals surface area contributed by atoms with Crippen LogP contribution in [0.1, 0.15) is 0 Å². The number of nitrogens with zero attached hydrogens (tertiary/aromatic N) is 1. The van der Waals surface area contributed by atoms with E-state index in [1.165, 1.54) is 6.20 Å². The molecule has 0 aliphatic rings. The average Bonchev–Trinajstić information content (AvgIpc) is 2.32. The number of nitrogens with one attached hydrogen (secondary N) is 1. The van der Waals surface area contributed by atoms with Crippen LogP contribution in [-0.4, -0.2) is 20.4 Å². The van der Waals surface area contributed by atoms with Gasteiger partial charge in [-0.1, -0.05) is 11.3 Å². The maximum Gasteiger partial charge on any atom is 0.249 e. The fourth-order valence-electron chi connectivity index (χ4n) is 0.506. The van der Waals surface area contributed by atoms with Crippen molar-refractivity contribution in [2.24, 2.45) is 5.14 Å². The second-order valence-corrected chi connectivity index (χ2v) is 4.60. The second-order valence-electron chi connectivity index (χ2n) is 1.78. The molecule has 1 rings (SSSR count). The van der Waals surface area contributed by atoms with Gasteiger partial charge in [0.1, 0.15) is 0 Å². The molecule has 0 radical (unpaired) electrons. The van der Waals surface area contributed by atoms with E-state index in [1.54, 1.807) is 7.05 Å². The van der Waals surface area contributed by atoms with Crippen LogP contribution in [0.4, 0.5) is 5.13 Å². The lowest BCUT2D eigenvalue weighted by molar-refractivity contribution is 0.599. The first-order valence-electron chi connectivity index (χ1n) is 2.70. The van der Waals surface area contributed by atoms with E-state index in [9.17, 15) is 8.42 Å². The topological polar surface area (TPSA) is 85.1 Å². The number of hydrogen-bond donors (Lipinski definition) is 2. The van der Waals surface area contributed by atoms with E-state index in [2.05, 4.69) is 10.3 Å². The van der Waals surface area contributed by atoms with Crippen molar-refractivity contribution in [2.75, 3.05) is 12.4 Å². The third kappa shape index (κ3) is 1.88. The van der Waals surface area contributed by atoms with E-state index in [0.29, 0.717) is 5.13 Å². The number of aromatic nitrogens is 1. The predicted octanol–water partition coefficient (Wildman–Crippen LogP) is -0.168. The van der Waals surface area contributed by atoms with Crippen LogP contribution >= 0.6 is 11.3 Å². The molecule has 0 atom stereocenters. The van der Waals surface area contributed by atoms with E-state index in [-0.39, 0.29) is 4.21 Å². The van der Waals surface area contributed by atoms with Crippen molar-refractivity contribution in [3.63, 3.8) is 0 Å². The first-order valence-corrected chi connectivity index (χ1v) is 5.06. The molecule has 0 saturated carbocycles. The Kier molecular flexibility index (Phi) is 2.12. The normalized spacial score (nSPS) is 11.5. The third-order valence-electron chi connectivity index (χ3n) is 0.979. The Labute approximate surface area is 68.3 Å². The smallest absolute Gasteiger partial charge is 0.249 e. The summed E-state index contributed by atoms with van der Waals surface area (Å²) in [7, 11) is -1.92. The van der Waals surface area contributed by atoms with E-state index in [0.717, 1.165) is 11.3 Å². The lowest BCUT2D eigenvalue weighted by Crippen LogP contribution is -2.09. The molecule has 0 bridgehead atoms. The summed E-state index contributed by atoms with van der Waals surface area (Å²) < 4.78 is 21.4. The number of hydrogen-bond acceptors (Lipinski definition) is 5. The standard InChI is InChI=1S/C4H7N3O2S2/c1-6-4-7-2-3(10-4)11(5,8)9/h2H,1H3,(H,6,7)(H2,5,8,9). The van der Waals surface area contributed by atoms with Crippen molar-refractivity contribution in [3.8, 4) is 0 Å². The summed E-state index contributed by atoms with van der Waals surface area (Å²) in [6, 6.07) is 0. The molecule has 62 valence electrons. The van der Waals surface area contributed by atoms with Gasteiger partial charge < -0.3 is 5.32 Å². The van der Waals surface area contributed by atoms with E-state index >= 15 is 0 Å². The van der Waals surface area contributed by atoms with Gasteiger partial charge in [-0.15, -0.1) is 0 Å². The lowest BCUT2D eigenvalue weighted by Gasteiger charge is -1.88. The minimum absolute atomic E-state index is 0.0712. The minimum Gasteiger partial charge on any atom is -0.365 e. The molecule has 0 unspecified atom stereocenters. The summed E-state index contributed by atoms with van der Waals surface area (Å²) in [5.74, 6) is 0. The van der Waals surface area contributed by atoms with Crippen molar-refractivity contribution in [1.82, 2.24) is 4.98 Å². The summed E-state index contributed by atoms with van der Waals surface area (Å²) in [6.45, 7) is 0. The zero-order valence-electron chi connectivity index (χ0n) is 5.73. The summed E-state index contributed by atoms with van der Waals surface area (Å²) in [5.41, 5.74) is 0. The fraction of sp³-hybridized carbons (Fsp3) is 0.250. The maximum absolute atomic E-state index is 10.7. The van der Waals surface area contributed by atoms with Gasteiger partial charge in [-0.05, 0) is 0 Å². The summed E-state index contributed by atoms with van der Waals surface area (Å²) in [6.07, 6.45) is 1.23. The van der Waals surface area contributed by atoms with Gasteiger partial charge in [0.25, 0.3) is 0 Å². The Bertz CT molecular complexity index is 342. The van der Waals surface area contributed by atoms with Gasteiger partial charge in [0.15, 0.2) is 9.34 Å². The van der Waals surface area contributed by atoms with Gasteiger partial charge in [0, 0.05) is 7.05 Å². The van der Waals surface area contributed by atoms with E-state index in [4.69, 9.17) is 5.14 Å². The molecule has 0 spiro atoms. The predicted molar refractivity (Wildman–Crippen MR) is 43.0 cm³/mol. The molecule has 0 fully saturated rings. The van der Waals surface area contributed by atoms with Gasteiger partial charge in [-0.3, -0.25) is 0 Å². The molecule has 5 nitrogen and oxygen atoms in total. The minimum atomic E-state index is -3.58. The maximum atomic E-state index is 10.7. The Morgan fingerprint density at radius 1 is 1.73 bits per heavy atom. The third-order valence-corrected chi connectivity index (χ3v) is 3.40. The average molecular weight is 193 g/mol. The highest BCUT2D eigenvalue weighted by Crippen LogP contribution is 2.20. The largest absolute Gasteiger partial charge is 0.365 e. The van der Waals surface area contributed by atoms with Crippen LogP contribution in [-0.2, 0) is 10.0 Å². The summed E-state index contributed by atoms with van der Waals surface area (Å²) in [5, 5.41) is 8.08. The molecule has 3 N–H and O–H groups in total. The Balaban J connectivity index is 3.09. The van der Waals surface area contributed by atoms with Crippen LogP contribution in [0, 0.1) is 0 Å². The SMILES string of the molecule is CNc1ncc(S(N)(=O)=O)s1. The van der Waals surface area contributed by atoms with Gasteiger partial charge in [-0.2, -0.15) is 0 Å². The van der Waals surface area contributed by atoms with Crippen LogP contribution in [0.15, 0.2) is 10.4 Å². The second kappa shape index (κ2) is 2.76. The van der Waals surface area contributed by atoms with E-state index < -0.39 is 10.0 Å². The van der Waals surface area contributed by atoms with Gasteiger partial charge >= 0.3 is 0 Å². The van der Waals surface area contributed by atoms with Crippen molar-refractivity contribution in [2.45, 2.75) is 4.21 Å². The van der Waals surface area contributed by atoms with Crippen LogP contribution in [0.3, 0.4) is 0 Å². The summed E-state index contributed by atoms with van der Waals surface area (Å²) in [4.78, 5) is 3.75. The first-order chi connectivity index (χ1) is 5.04. The number of anilines is 1. The monoisotopic (exact) mass is 193 g/mol. The Hall–Kier alpha value is -0.660. The molecule has 1 aromatic heterocycles. The highest BCUT2D eigenvalue weighted by atomic mass is 32.2. The molecule has 0 aliphatic heterocycles. The first kappa shape index (κ1) is 8.44. The molecule has 0 saturated heterocycles. The van der Waals surface area contributed by atoms with Gasteiger partial charge in [0.05, 0.1) is 6.20 Å². The van der Waals surface area contributed by atoms with Gasteiger partial charge in [0.2, 0.25) is 10.0 Å². The lowest BCUT2D eigenvalue weighted by atomic mass is 11.0. The molecule has 7 heteroatoms. The van der Waals surface area contributed by atoms with Crippen molar-refractivity contribution >= 4 is 26.5 Å². The zero-order chi connectivity index (χ0) is 8.48. The number of thiazole rings is 1. The molecular weight excluding hydrogens is 186 g/mol. The van der Waals surface area contributed by atoms with Crippen molar-refractivity contribution in [3.05, 3.63) is 6.20 Å². The molecule has 1 aromatic rings. The van der Waals surface area contributed by atoms with E-state index in [1.807, 2.05) is 0 Å². The van der Waals surface area contributed by atoms with Crippen LogP contribution in [0.25, 0.3) is 0 Å². The molecule has 1 heterocycles. The molecule has 11 heavy (non-hydrogen) atoms. The molecule has 0 aromatic carbocycles. The highest BCUT2D eigenvalue weighted by Gasteiger charge is 2.11. The van der Waals surface area contributed by atoms with Gasteiger partial charge in [-0.25, -0.2) is 18.5 Å². The van der Waals surface area contributed by atoms with Crippen molar-refractivity contribution < 1.29 is 8.42 Å². The highest BCUT2D eigenvalue weighted by molar-refractivity contribution is 7.91. The number of nitrogens with two attached hydrogens (primary N) is 1.